The molecule has 0 radical (unpaired) electrons. The number of carboxylic acid groups (broad SMARTS) is 1. The van der Waals surface area contributed by atoms with Gasteiger partial charge in [0.05, 0.1) is 10.9 Å². The molecule has 0 saturated heterocycles. The molecule has 0 aliphatic heterocycles. The van der Waals surface area contributed by atoms with E-state index in [-0.39, 0.29) is 0 Å². The molecule has 0 aromatic carbocycles. The van der Waals surface area contributed by atoms with Crippen LogP contribution in [0.1, 0.15) is 18.4 Å². The highest BCUT2D eigenvalue weighted by Gasteiger charge is 2.12. The molecule has 0 bridgehead atoms. The van der Waals surface area contributed by atoms with E-state index in [2.05, 4.69) is 5.16 Å². The summed E-state index contributed by atoms with van der Waals surface area (Å²) in [6.45, 7) is 3.46. The van der Waals surface area contributed by atoms with Crippen molar-refractivity contribution in [3.05, 3.63) is 17.5 Å². The van der Waals surface area contributed by atoms with Gasteiger partial charge in [-0.25, -0.2) is 0 Å². The van der Waals surface area contributed by atoms with Crippen molar-refractivity contribution >= 4 is 17.7 Å². The zero-order valence-electron chi connectivity index (χ0n) is 7.48. The van der Waals surface area contributed by atoms with Gasteiger partial charge in [-0.2, -0.15) is 0 Å². The minimum Gasteiger partial charge on any atom is -0.480 e. The highest BCUT2D eigenvalue weighted by molar-refractivity contribution is 7.99. The molecule has 1 N–H and O–H groups in total. The van der Waals surface area contributed by atoms with Gasteiger partial charge in [0.25, 0.3) is 0 Å². The Morgan fingerprint density at radius 3 is 3.00 bits per heavy atom. The molecule has 0 saturated carbocycles. The van der Waals surface area contributed by atoms with E-state index in [1.54, 1.807) is 6.92 Å². The summed E-state index contributed by atoms with van der Waals surface area (Å²) in [5, 5.41) is 12.0. The van der Waals surface area contributed by atoms with Crippen LogP contribution < -0.4 is 0 Å². The lowest BCUT2D eigenvalue weighted by Crippen LogP contribution is -2.11. The molecule has 1 rings (SSSR count). The monoisotopic (exact) mass is 201 g/mol. The molecular formula is C8H11NO3S. The van der Waals surface area contributed by atoms with Crippen LogP contribution in [0.2, 0.25) is 0 Å². The molecule has 0 aliphatic carbocycles. The average molecular weight is 201 g/mol. The van der Waals surface area contributed by atoms with E-state index < -0.39 is 11.2 Å². The van der Waals surface area contributed by atoms with Gasteiger partial charge < -0.3 is 9.63 Å². The minimum atomic E-state index is -0.801. The second kappa shape index (κ2) is 4.32. The average Bonchev–Trinajstić information content (AvgIpc) is 2.47. The van der Waals surface area contributed by atoms with E-state index in [0.717, 1.165) is 11.5 Å². The standard InChI is InChI=1S/C8H11NO3S/c1-5-3-7(9-12-5)4-13-6(2)8(10)11/h3,6H,4H2,1-2H3,(H,10,11). The van der Waals surface area contributed by atoms with Crippen LogP contribution in [-0.4, -0.2) is 21.5 Å². The van der Waals surface area contributed by atoms with Crippen LogP contribution in [0.4, 0.5) is 0 Å². The highest BCUT2D eigenvalue weighted by Crippen LogP contribution is 2.17. The predicted octanol–water partition coefficient (Wildman–Crippen LogP) is 1.69. The summed E-state index contributed by atoms with van der Waals surface area (Å²) in [7, 11) is 0. The fourth-order valence-corrected chi connectivity index (χ4v) is 1.47. The van der Waals surface area contributed by atoms with Crippen LogP contribution in [-0.2, 0) is 10.5 Å². The van der Waals surface area contributed by atoms with Crippen LogP contribution in [0.5, 0.6) is 0 Å². The van der Waals surface area contributed by atoms with Crippen molar-refractivity contribution < 1.29 is 14.4 Å². The van der Waals surface area contributed by atoms with Gasteiger partial charge in [-0.1, -0.05) is 5.16 Å². The lowest BCUT2D eigenvalue weighted by molar-refractivity contribution is -0.136. The van der Waals surface area contributed by atoms with Gasteiger partial charge in [-0.05, 0) is 13.8 Å². The molecule has 5 heteroatoms. The van der Waals surface area contributed by atoms with Gasteiger partial charge in [-0.15, -0.1) is 11.8 Å². The van der Waals surface area contributed by atoms with Crippen molar-refractivity contribution in [3.63, 3.8) is 0 Å². The summed E-state index contributed by atoms with van der Waals surface area (Å²) in [5.74, 6) is 0.522. The van der Waals surface area contributed by atoms with Crippen LogP contribution in [0, 0.1) is 6.92 Å². The number of carboxylic acids is 1. The van der Waals surface area contributed by atoms with Crippen molar-refractivity contribution in [1.29, 1.82) is 0 Å². The number of nitrogens with zero attached hydrogens (tertiary/aromatic N) is 1. The van der Waals surface area contributed by atoms with Gasteiger partial charge >= 0.3 is 5.97 Å². The smallest absolute Gasteiger partial charge is 0.316 e. The van der Waals surface area contributed by atoms with Gasteiger partial charge in [0.1, 0.15) is 5.76 Å². The number of aliphatic carboxylic acids is 1. The van der Waals surface area contributed by atoms with Gasteiger partial charge in [0.2, 0.25) is 0 Å². The Labute approximate surface area is 80.3 Å². The van der Waals surface area contributed by atoms with Gasteiger partial charge in [0, 0.05) is 11.8 Å². The summed E-state index contributed by atoms with van der Waals surface area (Å²) >= 11 is 1.33. The lowest BCUT2D eigenvalue weighted by Gasteiger charge is -2.02. The molecule has 1 unspecified atom stereocenters. The Morgan fingerprint density at radius 1 is 1.85 bits per heavy atom. The minimum absolute atomic E-state index is 0.406. The van der Waals surface area contributed by atoms with E-state index in [1.807, 2.05) is 13.0 Å². The second-order valence-corrected chi connectivity index (χ2v) is 4.05. The normalized spacial score (nSPS) is 12.8. The summed E-state index contributed by atoms with van der Waals surface area (Å²) in [5.41, 5.74) is 0.788. The summed E-state index contributed by atoms with van der Waals surface area (Å²) < 4.78 is 4.85. The maximum atomic E-state index is 10.5. The summed E-state index contributed by atoms with van der Waals surface area (Å²) in [4.78, 5) is 10.5. The van der Waals surface area contributed by atoms with Crippen LogP contribution >= 0.6 is 11.8 Å². The first-order valence-corrected chi connectivity index (χ1v) is 4.91. The SMILES string of the molecule is Cc1cc(CSC(C)C(=O)O)no1. The van der Waals surface area contributed by atoms with E-state index in [4.69, 9.17) is 9.63 Å². The Hall–Kier alpha value is -0.970. The van der Waals surface area contributed by atoms with Crippen molar-refractivity contribution in [2.24, 2.45) is 0 Å². The number of carbonyl (C=O) groups is 1. The summed E-state index contributed by atoms with van der Waals surface area (Å²) in [6, 6.07) is 1.81. The number of thioether (sulfide) groups is 1. The Bertz CT molecular complexity index is 297. The molecule has 1 aromatic heterocycles. The van der Waals surface area contributed by atoms with Gasteiger partial charge in [-0.3, -0.25) is 4.79 Å². The molecule has 1 atom stereocenters. The Kier molecular flexibility index (Phi) is 3.36. The molecule has 13 heavy (non-hydrogen) atoms. The van der Waals surface area contributed by atoms with Crippen molar-refractivity contribution in [1.82, 2.24) is 5.16 Å². The van der Waals surface area contributed by atoms with Crippen molar-refractivity contribution in [2.75, 3.05) is 0 Å². The van der Waals surface area contributed by atoms with Crippen LogP contribution in [0.3, 0.4) is 0 Å². The first-order valence-electron chi connectivity index (χ1n) is 3.86. The van der Waals surface area contributed by atoms with Crippen molar-refractivity contribution in [3.8, 4) is 0 Å². The number of hydrogen-bond donors (Lipinski definition) is 1. The van der Waals surface area contributed by atoms with Crippen molar-refractivity contribution in [2.45, 2.75) is 24.9 Å². The van der Waals surface area contributed by atoms with E-state index in [0.29, 0.717) is 5.75 Å². The topological polar surface area (TPSA) is 63.3 Å². The largest absolute Gasteiger partial charge is 0.480 e. The fraction of sp³-hybridized carbons (Fsp3) is 0.500. The molecule has 4 nitrogen and oxygen atoms in total. The summed E-state index contributed by atoms with van der Waals surface area (Å²) in [6.07, 6.45) is 0. The highest BCUT2D eigenvalue weighted by atomic mass is 32.2. The third-order valence-electron chi connectivity index (χ3n) is 1.51. The molecule has 0 spiro atoms. The second-order valence-electron chi connectivity index (χ2n) is 2.72. The lowest BCUT2D eigenvalue weighted by atomic mass is 10.4. The Balaban J connectivity index is 2.39. The molecule has 0 fully saturated rings. The molecule has 0 amide bonds. The third kappa shape index (κ3) is 3.10. The van der Waals surface area contributed by atoms with E-state index in [9.17, 15) is 4.79 Å². The van der Waals surface area contributed by atoms with Crippen LogP contribution in [0.25, 0.3) is 0 Å². The molecular weight excluding hydrogens is 190 g/mol. The van der Waals surface area contributed by atoms with E-state index >= 15 is 0 Å². The number of hydrogen-bond acceptors (Lipinski definition) is 4. The number of aryl methyl sites for hydroxylation is 1. The number of aromatic nitrogens is 1. The molecule has 72 valence electrons. The Morgan fingerprint density at radius 2 is 2.54 bits per heavy atom. The molecule has 0 aliphatic rings. The molecule has 1 aromatic rings. The molecule has 1 heterocycles. The van der Waals surface area contributed by atoms with Crippen LogP contribution in [0.15, 0.2) is 10.6 Å². The maximum Gasteiger partial charge on any atom is 0.316 e. The van der Waals surface area contributed by atoms with Gasteiger partial charge in [0.15, 0.2) is 0 Å². The quantitative estimate of drug-likeness (QED) is 0.803. The third-order valence-corrected chi connectivity index (χ3v) is 2.67. The number of rotatable bonds is 4. The first-order chi connectivity index (χ1) is 6.09. The van der Waals surface area contributed by atoms with E-state index in [1.165, 1.54) is 11.8 Å². The maximum absolute atomic E-state index is 10.5. The zero-order chi connectivity index (χ0) is 9.84. The first kappa shape index (κ1) is 10.1. The fourth-order valence-electron chi connectivity index (χ4n) is 0.768. The zero-order valence-corrected chi connectivity index (χ0v) is 8.30. The predicted molar refractivity (Wildman–Crippen MR) is 49.6 cm³/mol.